The standard InChI is InChI=1S/C12H18ClN3O2/c1-8(7-13)11(17)15-10-9(16(2)3)5-6-14-12(10)18-4/h5-6,8H,7H2,1-4H3,(H,15,17). The zero-order chi connectivity index (χ0) is 13.7. The van der Waals surface area contributed by atoms with Gasteiger partial charge in [0.15, 0.2) is 0 Å². The number of nitrogens with one attached hydrogen (secondary N) is 1. The van der Waals surface area contributed by atoms with Gasteiger partial charge in [0.25, 0.3) is 0 Å². The van der Waals surface area contributed by atoms with Gasteiger partial charge in [-0.1, -0.05) is 6.92 Å². The summed E-state index contributed by atoms with van der Waals surface area (Å²) in [6.45, 7) is 1.76. The van der Waals surface area contributed by atoms with Crippen LogP contribution in [0.15, 0.2) is 12.3 Å². The zero-order valence-electron chi connectivity index (χ0n) is 11.0. The van der Waals surface area contributed by atoms with Crippen LogP contribution >= 0.6 is 11.6 Å². The lowest BCUT2D eigenvalue weighted by molar-refractivity contribution is -0.118. The van der Waals surface area contributed by atoms with E-state index in [4.69, 9.17) is 16.3 Å². The molecule has 0 radical (unpaired) electrons. The molecule has 1 heterocycles. The summed E-state index contributed by atoms with van der Waals surface area (Å²) in [5.41, 5.74) is 1.39. The van der Waals surface area contributed by atoms with E-state index in [0.29, 0.717) is 11.6 Å². The van der Waals surface area contributed by atoms with E-state index in [0.717, 1.165) is 5.69 Å². The van der Waals surface area contributed by atoms with Crippen molar-refractivity contribution < 1.29 is 9.53 Å². The van der Waals surface area contributed by atoms with Gasteiger partial charge >= 0.3 is 0 Å². The van der Waals surface area contributed by atoms with Gasteiger partial charge in [-0.15, -0.1) is 11.6 Å². The van der Waals surface area contributed by atoms with E-state index in [1.54, 1.807) is 13.1 Å². The van der Waals surface area contributed by atoms with Gasteiger partial charge in [0.1, 0.15) is 5.69 Å². The molecule has 0 bridgehead atoms. The van der Waals surface area contributed by atoms with Crippen molar-refractivity contribution in [2.75, 3.05) is 37.3 Å². The molecular formula is C12H18ClN3O2. The van der Waals surface area contributed by atoms with Crippen LogP contribution in [0.3, 0.4) is 0 Å². The number of hydrogen-bond acceptors (Lipinski definition) is 4. The van der Waals surface area contributed by atoms with Gasteiger partial charge in [-0.25, -0.2) is 4.98 Å². The lowest BCUT2D eigenvalue weighted by Crippen LogP contribution is -2.23. The average Bonchev–Trinajstić information content (AvgIpc) is 2.37. The molecule has 0 aliphatic rings. The number of aromatic nitrogens is 1. The number of carbonyl (C=O) groups excluding carboxylic acids is 1. The van der Waals surface area contributed by atoms with Crippen molar-refractivity contribution in [2.24, 2.45) is 5.92 Å². The third kappa shape index (κ3) is 3.26. The molecule has 1 aromatic heterocycles. The van der Waals surface area contributed by atoms with Crippen LogP contribution in [0, 0.1) is 5.92 Å². The highest BCUT2D eigenvalue weighted by atomic mass is 35.5. The van der Waals surface area contributed by atoms with E-state index in [1.807, 2.05) is 25.1 Å². The summed E-state index contributed by atoms with van der Waals surface area (Å²) < 4.78 is 5.16. The maximum Gasteiger partial charge on any atom is 0.239 e. The van der Waals surface area contributed by atoms with E-state index in [9.17, 15) is 4.79 Å². The Morgan fingerprint density at radius 3 is 2.78 bits per heavy atom. The summed E-state index contributed by atoms with van der Waals surface area (Å²) in [5, 5.41) is 2.81. The van der Waals surface area contributed by atoms with Crippen molar-refractivity contribution in [3.05, 3.63) is 12.3 Å². The Morgan fingerprint density at radius 1 is 1.61 bits per heavy atom. The fraction of sp³-hybridized carbons (Fsp3) is 0.500. The second-order valence-corrected chi connectivity index (χ2v) is 4.46. The first-order valence-corrected chi connectivity index (χ1v) is 6.11. The summed E-state index contributed by atoms with van der Waals surface area (Å²) in [5.74, 6) is 0.230. The van der Waals surface area contributed by atoms with Crippen LogP contribution in [0.4, 0.5) is 11.4 Å². The van der Waals surface area contributed by atoms with Gasteiger partial charge in [0.2, 0.25) is 11.8 Å². The second-order valence-electron chi connectivity index (χ2n) is 4.15. The molecule has 5 nitrogen and oxygen atoms in total. The number of halogens is 1. The summed E-state index contributed by atoms with van der Waals surface area (Å²) in [6, 6.07) is 1.81. The van der Waals surface area contributed by atoms with E-state index >= 15 is 0 Å². The third-order valence-corrected chi connectivity index (χ3v) is 2.96. The molecule has 1 unspecified atom stereocenters. The number of nitrogens with zero attached hydrogens (tertiary/aromatic N) is 2. The van der Waals surface area contributed by atoms with Gasteiger partial charge in [0.05, 0.1) is 12.8 Å². The summed E-state index contributed by atoms with van der Waals surface area (Å²) in [7, 11) is 5.28. The largest absolute Gasteiger partial charge is 0.479 e. The fourth-order valence-corrected chi connectivity index (χ4v) is 1.53. The molecule has 0 aromatic carbocycles. The highest BCUT2D eigenvalue weighted by Crippen LogP contribution is 2.32. The molecule has 0 aliphatic carbocycles. The molecule has 100 valence electrons. The normalized spacial score (nSPS) is 11.8. The number of alkyl halides is 1. The van der Waals surface area contributed by atoms with E-state index < -0.39 is 0 Å². The molecule has 1 rings (SSSR count). The van der Waals surface area contributed by atoms with Crippen molar-refractivity contribution in [3.8, 4) is 5.88 Å². The molecule has 0 saturated heterocycles. The maximum atomic E-state index is 11.9. The molecule has 0 fully saturated rings. The number of hydrogen-bond donors (Lipinski definition) is 1. The van der Waals surface area contributed by atoms with Crippen molar-refractivity contribution in [1.29, 1.82) is 0 Å². The van der Waals surface area contributed by atoms with Gasteiger partial charge < -0.3 is 15.0 Å². The fourth-order valence-electron chi connectivity index (χ4n) is 1.39. The number of amides is 1. The lowest BCUT2D eigenvalue weighted by Gasteiger charge is -2.20. The number of methoxy groups -OCH3 is 1. The molecule has 0 saturated carbocycles. The summed E-state index contributed by atoms with van der Waals surface area (Å²) in [4.78, 5) is 17.9. The van der Waals surface area contributed by atoms with Crippen molar-refractivity contribution in [2.45, 2.75) is 6.92 Å². The van der Waals surface area contributed by atoms with Crippen molar-refractivity contribution in [3.63, 3.8) is 0 Å². The number of anilines is 2. The molecule has 0 aliphatic heterocycles. The second kappa shape index (κ2) is 6.44. The average molecular weight is 272 g/mol. The predicted octanol–water partition coefficient (Wildman–Crippen LogP) is 1.97. The first kappa shape index (κ1) is 14.6. The van der Waals surface area contributed by atoms with E-state index in [2.05, 4.69) is 10.3 Å². The Balaban J connectivity index is 3.08. The summed E-state index contributed by atoms with van der Waals surface area (Å²) in [6.07, 6.45) is 1.63. The van der Waals surface area contributed by atoms with Crippen LogP contribution in [-0.4, -0.2) is 38.0 Å². The minimum absolute atomic E-state index is 0.153. The molecule has 1 atom stereocenters. The van der Waals surface area contributed by atoms with Gasteiger partial charge in [-0.2, -0.15) is 0 Å². The van der Waals surface area contributed by atoms with Crippen LogP contribution < -0.4 is 15.0 Å². The van der Waals surface area contributed by atoms with Crippen LogP contribution in [0.2, 0.25) is 0 Å². The molecule has 0 spiro atoms. The monoisotopic (exact) mass is 271 g/mol. The molecule has 18 heavy (non-hydrogen) atoms. The topological polar surface area (TPSA) is 54.5 Å². The summed E-state index contributed by atoms with van der Waals surface area (Å²) >= 11 is 5.67. The van der Waals surface area contributed by atoms with Gasteiger partial charge in [-0.3, -0.25) is 4.79 Å². The molecule has 6 heteroatoms. The molecule has 1 aromatic rings. The highest BCUT2D eigenvalue weighted by Gasteiger charge is 2.18. The molecular weight excluding hydrogens is 254 g/mol. The minimum atomic E-state index is -0.272. The zero-order valence-corrected chi connectivity index (χ0v) is 11.8. The van der Waals surface area contributed by atoms with Crippen LogP contribution in [-0.2, 0) is 4.79 Å². The van der Waals surface area contributed by atoms with Crippen LogP contribution in [0.25, 0.3) is 0 Å². The molecule has 1 amide bonds. The number of pyridine rings is 1. The highest BCUT2D eigenvalue weighted by molar-refractivity contribution is 6.19. The third-order valence-electron chi connectivity index (χ3n) is 2.50. The maximum absolute atomic E-state index is 11.9. The number of carbonyl (C=O) groups is 1. The van der Waals surface area contributed by atoms with Crippen LogP contribution in [0.5, 0.6) is 5.88 Å². The Bertz CT molecular complexity index is 424. The molecule has 1 N–H and O–H groups in total. The Morgan fingerprint density at radius 2 is 2.28 bits per heavy atom. The lowest BCUT2D eigenvalue weighted by atomic mass is 10.2. The smallest absolute Gasteiger partial charge is 0.239 e. The van der Waals surface area contributed by atoms with E-state index in [1.165, 1.54) is 7.11 Å². The minimum Gasteiger partial charge on any atom is -0.479 e. The SMILES string of the molecule is COc1nccc(N(C)C)c1NC(=O)C(C)CCl. The van der Waals surface area contributed by atoms with Crippen LogP contribution in [0.1, 0.15) is 6.92 Å². The number of ether oxygens (including phenoxy) is 1. The Labute approximate surface area is 112 Å². The van der Waals surface area contributed by atoms with E-state index in [-0.39, 0.29) is 17.7 Å². The number of rotatable bonds is 5. The quantitative estimate of drug-likeness (QED) is 0.832. The first-order valence-electron chi connectivity index (χ1n) is 5.58. The Kier molecular flexibility index (Phi) is 5.22. The van der Waals surface area contributed by atoms with Crippen molar-refractivity contribution in [1.82, 2.24) is 4.98 Å². The Hall–Kier alpha value is -1.49. The van der Waals surface area contributed by atoms with Crippen molar-refractivity contribution >= 4 is 28.9 Å². The predicted molar refractivity (Wildman–Crippen MR) is 73.6 cm³/mol. The van der Waals surface area contributed by atoms with Gasteiger partial charge in [0, 0.05) is 32.1 Å². The van der Waals surface area contributed by atoms with Gasteiger partial charge in [-0.05, 0) is 6.07 Å². The first-order chi connectivity index (χ1) is 8.51.